The highest BCUT2D eigenvalue weighted by atomic mass is 16.6. The smallest absolute Gasteiger partial charge is 0.306 e. The number of rotatable bonds is 46. The summed E-state index contributed by atoms with van der Waals surface area (Å²) in [5.41, 5.74) is 0. The van der Waals surface area contributed by atoms with Gasteiger partial charge in [0.1, 0.15) is 6.61 Å². The highest BCUT2D eigenvalue weighted by Gasteiger charge is 2.16. The zero-order valence-electron chi connectivity index (χ0n) is 36.8. The molecule has 0 bridgehead atoms. The molecule has 0 radical (unpaired) electrons. The molecular weight excluding hydrogens is 669 g/mol. The second-order valence-electron chi connectivity index (χ2n) is 16.9. The summed E-state index contributed by atoms with van der Waals surface area (Å²) in [7, 11) is 0. The minimum atomic E-state index is -0.762. The van der Waals surface area contributed by atoms with Gasteiger partial charge in [0, 0.05) is 12.8 Å². The van der Waals surface area contributed by atoms with Gasteiger partial charge in [-0.3, -0.25) is 9.59 Å². The molecule has 54 heavy (non-hydrogen) atoms. The fraction of sp³-hybridized carbons (Fsp3) is 0.959. The van der Waals surface area contributed by atoms with Crippen LogP contribution < -0.4 is 0 Å². The minimum absolute atomic E-state index is 0.0569. The highest BCUT2D eigenvalue weighted by Crippen LogP contribution is 2.17. The number of hydrogen-bond donors (Lipinski definition) is 1. The van der Waals surface area contributed by atoms with E-state index in [1.807, 2.05) is 0 Å². The fourth-order valence-corrected chi connectivity index (χ4v) is 7.68. The van der Waals surface area contributed by atoms with Crippen LogP contribution in [0.15, 0.2) is 0 Å². The molecular formula is C49H96O5. The molecule has 1 atom stereocenters. The van der Waals surface area contributed by atoms with E-state index in [0.717, 1.165) is 32.1 Å². The maximum absolute atomic E-state index is 12.2. The number of carbonyl (C=O) groups is 2. The summed E-state index contributed by atoms with van der Waals surface area (Å²) in [6, 6.07) is 0. The van der Waals surface area contributed by atoms with E-state index >= 15 is 0 Å². The van der Waals surface area contributed by atoms with Crippen molar-refractivity contribution in [3.63, 3.8) is 0 Å². The first-order valence-corrected chi connectivity index (χ1v) is 24.6. The molecule has 0 aromatic carbocycles. The summed E-state index contributed by atoms with van der Waals surface area (Å²) in [4.78, 5) is 24.3. The number of ether oxygens (including phenoxy) is 2. The van der Waals surface area contributed by atoms with Crippen LogP contribution in [0.25, 0.3) is 0 Å². The third-order valence-corrected chi connectivity index (χ3v) is 11.4. The highest BCUT2D eigenvalue weighted by molar-refractivity contribution is 5.70. The van der Waals surface area contributed by atoms with Gasteiger partial charge in [0.15, 0.2) is 6.10 Å². The van der Waals surface area contributed by atoms with Crippen molar-refractivity contribution >= 4 is 11.9 Å². The molecule has 1 N–H and O–H groups in total. The van der Waals surface area contributed by atoms with Crippen molar-refractivity contribution in [1.29, 1.82) is 0 Å². The lowest BCUT2D eigenvalue weighted by Gasteiger charge is -2.15. The first-order valence-electron chi connectivity index (χ1n) is 24.6. The molecule has 0 aromatic heterocycles. The van der Waals surface area contributed by atoms with Crippen LogP contribution in [0.3, 0.4) is 0 Å². The van der Waals surface area contributed by atoms with Crippen molar-refractivity contribution in [3.05, 3.63) is 0 Å². The topological polar surface area (TPSA) is 72.8 Å². The largest absolute Gasteiger partial charge is 0.462 e. The van der Waals surface area contributed by atoms with Crippen LogP contribution in [0.2, 0.25) is 0 Å². The van der Waals surface area contributed by atoms with Crippen molar-refractivity contribution in [2.24, 2.45) is 0 Å². The minimum Gasteiger partial charge on any atom is -0.462 e. The van der Waals surface area contributed by atoms with Crippen LogP contribution in [-0.2, 0) is 19.1 Å². The third kappa shape index (κ3) is 43.6. The Hall–Kier alpha value is -1.10. The Morgan fingerprint density at radius 1 is 0.352 bits per heavy atom. The van der Waals surface area contributed by atoms with E-state index in [4.69, 9.17) is 9.47 Å². The predicted octanol–water partition coefficient (Wildman–Crippen LogP) is 15.9. The monoisotopic (exact) mass is 765 g/mol. The quantitative estimate of drug-likeness (QED) is 0.0494. The maximum atomic E-state index is 12.2. The molecule has 0 saturated heterocycles. The van der Waals surface area contributed by atoms with Crippen LogP contribution in [0.5, 0.6) is 0 Å². The maximum Gasteiger partial charge on any atom is 0.306 e. The zero-order valence-corrected chi connectivity index (χ0v) is 36.8. The van der Waals surface area contributed by atoms with Crippen molar-refractivity contribution in [1.82, 2.24) is 0 Å². The third-order valence-electron chi connectivity index (χ3n) is 11.4. The molecule has 0 aliphatic rings. The van der Waals surface area contributed by atoms with Crippen molar-refractivity contribution < 1.29 is 24.2 Å². The standard InChI is InChI=1S/C49H96O5/c1-3-5-7-9-11-13-15-16-17-18-19-20-21-22-23-24-25-26-27-28-29-30-31-32-34-36-38-40-42-44-49(52)54-47(45-50)46-53-48(51)43-41-39-37-35-33-14-12-10-8-6-4-2/h47,50H,3-46H2,1-2H3. The lowest BCUT2D eigenvalue weighted by molar-refractivity contribution is -0.161. The number of unbranched alkanes of at least 4 members (excludes halogenated alkanes) is 38. The summed E-state index contributed by atoms with van der Waals surface area (Å²) in [6.45, 7) is 4.17. The average Bonchev–Trinajstić information content (AvgIpc) is 3.17. The lowest BCUT2D eigenvalue weighted by atomic mass is 10.0. The van der Waals surface area contributed by atoms with Crippen molar-refractivity contribution in [3.8, 4) is 0 Å². The van der Waals surface area contributed by atoms with Gasteiger partial charge in [0.2, 0.25) is 0 Å². The number of esters is 2. The molecule has 0 fully saturated rings. The Bertz CT molecular complexity index is 740. The normalized spacial score (nSPS) is 12.0. The average molecular weight is 765 g/mol. The second-order valence-corrected chi connectivity index (χ2v) is 16.9. The molecule has 5 heteroatoms. The summed E-state index contributed by atoms with van der Waals surface area (Å²) in [6.07, 6.45) is 53.6. The zero-order chi connectivity index (χ0) is 39.3. The number of aliphatic hydroxyl groups excluding tert-OH is 1. The Kier molecular flexibility index (Phi) is 45.3. The van der Waals surface area contributed by atoms with E-state index in [2.05, 4.69) is 13.8 Å². The second kappa shape index (κ2) is 46.3. The molecule has 5 nitrogen and oxygen atoms in total. The number of hydrogen-bond acceptors (Lipinski definition) is 5. The van der Waals surface area contributed by atoms with Gasteiger partial charge in [0.25, 0.3) is 0 Å². The van der Waals surface area contributed by atoms with Gasteiger partial charge in [-0.1, -0.05) is 258 Å². The van der Waals surface area contributed by atoms with Crippen LogP contribution >= 0.6 is 0 Å². The molecule has 0 rings (SSSR count). The first-order chi connectivity index (χ1) is 26.6. The Morgan fingerprint density at radius 3 is 0.815 bits per heavy atom. The molecule has 0 saturated carbocycles. The first kappa shape index (κ1) is 52.9. The molecule has 0 aromatic rings. The molecule has 1 unspecified atom stereocenters. The van der Waals surface area contributed by atoms with E-state index < -0.39 is 6.10 Å². The Labute approximate surface area is 338 Å². The number of carbonyl (C=O) groups excluding carboxylic acids is 2. The molecule has 0 heterocycles. The van der Waals surface area contributed by atoms with Gasteiger partial charge in [0.05, 0.1) is 6.61 Å². The number of aliphatic hydroxyl groups is 1. The van der Waals surface area contributed by atoms with Crippen LogP contribution in [0, 0.1) is 0 Å². The van der Waals surface area contributed by atoms with Gasteiger partial charge in [-0.2, -0.15) is 0 Å². The Balaban J connectivity index is 3.37. The van der Waals surface area contributed by atoms with E-state index in [0.29, 0.717) is 12.8 Å². The fourth-order valence-electron chi connectivity index (χ4n) is 7.68. The summed E-state index contributed by atoms with van der Waals surface area (Å²) in [5.74, 6) is -0.572. The van der Waals surface area contributed by atoms with Crippen LogP contribution in [0.1, 0.15) is 284 Å². The van der Waals surface area contributed by atoms with Gasteiger partial charge in [-0.15, -0.1) is 0 Å². The van der Waals surface area contributed by atoms with Gasteiger partial charge < -0.3 is 14.6 Å². The molecule has 0 aliphatic carbocycles. The SMILES string of the molecule is CCCCCCCCCCCCCCCCCCCCCCCCCCCCCCCC(=O)OC(CO)COC(=O)CCCCCCCCCCCCC. The summed E-state index contributed by atoms with van der Waals surface area (Å²) >= 11 is 0. The van der Waals surface area contributed by atoms with Crippen molar-refractivity contribution in [2.45, 2.75) is 290 Å². The van der Waals surface area contributed by atoms with Crippen molar-refractivity contribution in [2.75, 3.05) is 13.2 Å². The van der Waals surface area contributed by atoms with E-state index in [-0.39, 0.29) is 25.2 Å². The van der Waals surface area contributed by atoms with Crippen LogP contribution in [-0.4, -0.2) is 36.4 Å². The summed E-state index contributed by atoms with van der Waals surface area (Å²) < 4.78 is 10.6. The predicted molar refractivity (Wildman–Crippen MR) is 233 cm³/mol. The van der Waals surface area contributed by atoms with Gasteiger partial charge in [-0.25, -0.2) is 0 Å². The van der Waals surface area contributed by atoms with Gasteiger partial charge in [-0.05, 0) is 12.8 Å². The molecule has 0 spiro atoms. The lowest BCUT2D eigenvalue weighted by Crippen LogP contribution is -2.28. The van der Waals surface area contributed by atoms with E-state index in [1.54, 1.807) is 0 Å². The molecule has 0 amide bonds. The molecule has 0 aliphatic heterocycles. The van der Waals surface area contributed by atoms with E-state index in [9.17, 15) is 14.7 Å². The summed E-state index contributed by atoms with van der Waals surface area (Å²) in [5, 5.41) is 9.58. The van der Waals surface area contributed by atoms with E-state index in [1.165, 1.54) is 225 Å². The van der Waals surface area contributed by atoms with Gasteiger partial charge >= 0.3 is 11.9 Å². The Morgan fingerprint density at radius 2 is 0.574 bits per heavy atom. The van der Waals surface area contributed by atoms with Crippen LogP contribution in [0.4, 0.5) is 0 Å². The molecule has 322 valence electrons.